The predicted molar refractivity (Wildman–Crippen MR) is 72.1 cm³/mol. The molecular weight excluding hydrogens is 329 g/mol. The monoisotopic (exact) mass is 337 g/mol. The van der Waals surface area contributed by atoms with Crippen LogP contribution >= 0.6 is 23.2 Å². The predicted octanol–water partition coefficient (Wildman–Crippen LogP) is 0.558. The van der Waals surface area contributed by atoms with Gasteiger partial charge in [-0.25, -0.2) is 9.97 Å². The van der Waals surface area contributed by atoms with E-state index in [-0.39, 0.29) is 34.7 Å². The van der Waals surface area contributed by atoms with Crippen LogP contribution in [0.3, 0.4) is 0 Å². The van der Waals surface area contributed by atoms with Crippen LogP contribution in [0.2, 0.25) is 10.4 Å². The molecule has 0 aliphatic carbocycles. The zero-order chi connectivity index (χ0) is 14.3. The van der Waals surface area contributed by atoms with Crippen LogP contribution in [0.15, 0.2) is 6.33 Å². The van der Waals surface area contributed by atoms with Crippen molar-refractivity contribution in [1.29, 1.82) is 0 Å². The van der Waals surface area contributed by atoms with E-state index in [4.69, 9.17) is 27.9 Å². The minimum atomic E-state index is -3.78. The third kappa shape index (κ3) is 2.25. The number of fused-ring (bicyclic) bond motifs is 1. The summed E-state index contributed by atoms with van der Waals surface area (Å²) in [5.74, 6) is 0. The summed E-state index contributed by atoms with van der Waals surface area (Å²) in [6.45, 7) is 1.24. The summed E-state index contributed by atoms with van der Waals surface area (Å²) in [6, 6.07) is 0. The van der Waals surface area contributed by atoms with Gasteiger partial charge in [-0.05, 0) is 11.6 Å². The lowest BCUT2D eigenvalue weighted by Gasteiger charge is -2.25. The number of hydrogen-bond acceptors (Lipinski definition) is 6. The molecule has 3 rings (SSSR count). The van der Waals surface area contributed by atoms with Gasteiger partial charge in [-0.1, -0.05) is 11.6 Å². The molecule has 0 unspecified atom stereocenters. The van der Waals surface area contributed by atoms with Gasteiger partial charge in [-0.3, -0.25) is 0 Å². The normalized spacial score (nSPS) is 17.7. The van der Waals surface area contributed by atoms with E-state index in [2.05, 4.69) is 15.0 Å². The number of ether oxygens (including phenoxy) is 1. The van der Waals surface area contributed by atoms with Crippen LogP contribution in [-0.2, 0) is 14.9 Å². The largest absolute Gasteiger partial charge is 0.379 e. The SMILES string of the molecule is O=S(=O)(N1CCOCC1)n1cnc2c(Cl)nc(Cl)nc21. The van der Waals surface area contributed by atoms with Gasteiger partial charge in [0.2, 0.25) is 5.28 Å². The van der Waals surface area contributed by atoms with Crippen molar-refractivity contribution in [2.75, 3.05) is 26.3 Å². The molecule has 11 heteroatoms. The lowest BCUT2D eigenvalue weighted by molar-refractivity contribution is 0.0726. The van der Waals surface area contributed by atoms with E-state index < -0.39 is 10.2 Å². The molecule has 108 valence electrons. The molecular formula is C9H9Cl2N5O3S. The van der Waals surface area contributed by atoms with Crippen LogP contribution in [0.25, 0.3) is 11.2 Å². The molecule has 1 saturated heterocycles. The van der Waals surface area contributed by atoms with Crippen molar-refractivity contribution in [2.45, 2.75) is 0 Å². The van der Waals surface area contributed by atoms with Crippen molar-refractivity contribution < 1.29 is 13.2 Å². The molecule has 8 nitrogen and oxygen atoms in total. The molecule has 0 radical (unpaired) electrons. The van der Waals surface area contributed by atoms with Crippen LogP contribution in [0.5, 0.6) is 0 Å². The van der Waals surface area contributed by atoms with Crippen LogP contribution in [-0.4, -0.2) is 58.0 Å². The standard InChI is InChI=1S/C9H9Cl2N5O3S/c10-7-6-8(14-9(11)13-7)16(5-12-6)20(17,18)15-1-3-19-4-2-15/h5H,1-4H2. The van der Waals surface area contributed by atoms with E-state index in [0.29, 0.717) is 13.2 Å². The van der Waals surface area contributed by atoms with Crippen molar-refractivity contribution in [3.63, 3.8) is 0 Å². The average Bonchev–Trinajstić information content (AvgIpc) is 2.84. The van der Waals surface area contributed by atoms with Gasteiger partial charge >= 0.3 is 10.2 Å². The van der Waals surface area contributed by atoms with E-state index in [1.54, 1.807) is 0 Å². The molecule has 1 aliphatic rings. The zero-order valence-electron chi connectivity index (χ0n) is 10.0. The first-order valence-electron chi connectivity index (χ1n) is 5.64. The Balaban J connectivity index is 2.14. The molecule has 0 spiro atoms. The van der Waals surface area contributed by atoms with Crippen molar-refractivity contribution >= 4 is 44.6 Å². The van der Waals surface area contributed by atoms with Gasteiger partial charge < -0.3 is 4.74 Å². The van der Waals surface area contributed by atoms with Gasteiger partial charge in [0.25, 0.3) is 0 Å². The number of aromatic nitrogens is 4. The van der Waals surface area contributed by atoms with Crippen molar-refractivity contribution in [3.05, 3.63) is 16.8 Å². The first-order chi connectivity index (χ1) is 9.50. The smallest absolute Gasteiger partial charge is 0.310 e. The van der Waals surface area contributed by atoms with E-state index in [1.165, 1.54) is 4.31 Å². The number of halogens is 2. The molecule has 0 N–H and O–H groups in total. The fraction of sp³-hybridized carbons (Fsp3) is 0.444. The van der Waals surface area contributed by atoms with Gasteiger partial charge in [0.15, 0.2) is 10.8 Å². The average molecular weight is 338 g/mol. The van der Waals surface area contributed by atoms with Crippen LogP contribution in [0.1, 0.15) is 0 Å². The number of imidazole rings is 1. The summed E-state index contributed by atoms with van der Waals surface area (Å²) < 4.78 is 32.4. The Labute approximate surface area is 124 Å². The highest BCUT2D eigenvalue weighted by atomic mass is 35.5. The van der Waals surface area contributed by atoms with E-state index in [1.807, 2.05) is 0 Å². The maximum Gasteiger partial charge on any atom is 0.310 e. The second-order valence-corrected chi connectivity index (χ2v) is 6.52. The second-order valence-electron chi connectivity index (χ2n) is 4.02. The maximum absolute atomic E-state index is 12.5. The molecule has 2 aromatic rings. The topological polar surface area (TPSA) is 90.2 Å². The van der Waals surface area contributed by atoms with Gasteiger partial charge in [0.1, 0.15) is 11.8 Å². The Morgan fingerprint density at radius 3 is 2.60 bits per heavy atom. The summed E-state index contributed by atoms with van der Waals surface area (Å²) in [5, 5.41) is -0.127. The molecule has 20 heavy (non-hydrogen) atoms. The highest BCUT2D eigenvalue weighted by Crippen LogP contribution is 2.22. The fourth-order valence-electron chi connectivity index (χ4n) is 1.89. The Morgan fingerprint density at radius 2 is 1.90 bits per heavy atom. The van der Waals surface area contributed by atoms with Crippen LogP contribution < -0.4 is 0 Å². The van der Waals surface area contributed by atoms with Gasteiger partial charge in [0, 0.05) is 13.1 Å². The Hall–Kier alpha value is -1.00. The van der Waals surface area contributed by atoms with E-state index in [9.17, 15) is 8.42 Å². The van der Waals surface area contributed by atoms with Crippen LogP contribution in [0, 0.1) is 0 Å². The summed E-state index contributed by atoms with van der Waals surface area (Å²) in [7, 11) is -3.78. The summed E-state index contributed by atoms with van der Waals surface area (Å²) >= 11 is 11.6. The zero-order valence-corrected chi connectivity index (χ0v) is 12.4. The summed E-state index contributed by atoms with van der Waals surface area (Å²) in [5.41, 5.74) is 0.245. The van der Waals surface area contributed by atoms with Crippen molar-refractivity contribution in [3.8, 4) is 0 Å². The maximum atomic E-state index is 12.5. The fourth-order valence-corrected chi connectivity index (χ4v) is 3.68. The van der Waals surface area contributed by atoms with E-state index >= 15 is 0 Å². The highest BCUT2D eigenvalue weighted by molar-refractivity contribution is 7.87. The van der Waals surface area contributed by atoms with Gasteiger partial charge in [0.05, 0.1) is 13.2 Å². The first kappa shape index (κ1) is 14.0. The number of nitrogens with zero attached hydrogens (tertiary/aromatic N) is 5. The van der Waals surface area contributed by atoms with Gasteiger partial charge in [-0.15, -0.1) is 0 Å². The molecule has 0 aromatic carbocycles. The molecule has 2 aromatic heterocycles. The quantitative estimate of drug-likeness (QED) is 0.587. The minimum Gasteiger partial charge on any atom is -0.379 e. The molecule has 0 amide bonds. The Kier molecular flexibility index (Phi) is 3.55. The Morgan fingerprint density at radius 1 is 1.20 bits per heavy atom. The lowest BCUT2D eigenvalue weighted by atomic mass is 10.5. The van der Waals surface area contributed by atoms with Gasteiger partial charge in [-0.2, -0.15) is 21.7 Å². The molecule has 1 fully saturated rings. The van der Waals surface area contributed by atoms with Crippen molar-refractivity contribution in [2.24, 2.45) is 0 Å². The second kappa shape index (κ2) is 5.08. The molecule has 0 bridgehead atoms. The minimum absolute atomic E-state index is 0.0101. The first-order valence-corrected chi connectivity index (χ1v) is 7.80. The van der Waals surface area contributed by atoms with Crippen molar-refractivity contribution in [1.82, 2.24) is 23.2 Å². The summed E-state index contributed by atoms with van der Waals surface area (Å²) in [6.07, 6.45) is 1.15. The summed E-state index contributed by atoms with van der Waals surface area (Å²) in [4.78, 5) is 11.5. The lowest BCUT2D eigenvalue weighted by Crippen LogP contribution is -2.43. The number of hydrogen-bond donors (Lipinski definition) is 0. The van der Waals surface area contributed by atoms with Crippen LogP contribution in [0.4, 0.5) is 0 Å². The molecule has 1 aliphatic heterocycles. The Bertz CT molecular complexity index is 756. The number of rotatable bonds is 2. The molecule has 3 heterocycles. The van der Waals surface area contributed by atoms with E-state index in [0.717, 1.165) is 10.3 Å². The highest BCUT2D eigenvalue weighted by Gasteiger charge is 2.28. The molecule has 0 saturated carbocycles. The third-order valence-electron chi connectivity index (χ3n) is 2.84. The molecule has 0 atom stereocenters. The number of morpholine rings is 1. The third-order valence-corrected chi connectivity index (χ3v) is 5.06.